The Balaban J connectivity index is 1.86. The molecule has 0 spiro atoms. The average molecular weight is 325 g/mol. The van der Waals surface area contributed by atoms with Crippen LogP contribution in [-0.2, 0) is 24.1 Å². The van der Waals surface area contributed by atoms with Crippen molar-refractivity contribution in [3.63, 3.8) is 0 Å². The van der Waals surface area contributed by atoms with Crippen LogP contribution in [0.3, 0.4) is 0 Å². The summed E-state index contributed by atoms with van der Waals surface area (Å²) in [6.07, 6.45) is 1.68. The fourth-order valence-corrected chi connectivity index (χ4v) is 2.18. The fraction of sp³-hybridized carbons (Fsp3) is 0.417. The molecule has 0 unspecified atom stereocenters. The first kappa shape index (κ1) is 16.0. The van der Waals surface area contributed by atoms with Gasteiger partial charge in [0.2, 0.25) is 0 Å². The Morgan fingerprint density at radius 1 is 1.50 bits per heavy atom. The number of thioether (sulfide) groups is 1. The van der Waals surface area contributed by atoms with E-state index in [1.807, 2.05) is 14.0 Å². The molecule has 0 saturated heterocycles. The number of nitrogens with one attached hydrogen (secondary N) is 1. The second kappa shape index (κ2) is 7.07. The molecule has 0 fully saturated rings. The minimum absolute atomic E-state index is 0.0592. The number of carboxylic acid groups (broad SMARTS) is 1. The number of amides is 1. The van der Waals surface area contributed by atoms with E-state index >= 15 is 0 Å². The van der Waals surface area contributed by atoms with Crippen LogP contribution in [0.5, 0.6) is 0 Å². The van der Waals surface area contributed by atoms with Gasteiger partial charge in [0, 0.05) is 24.8 Å². The van der Waals surface area contributed by atoms with Gasteiger partial charge < -0.3 is 14.9 Å². The molecule has 0 aromatic carbocycles. The van der Waals surface area contributed by atoms with Gasteiger partial charge in [-0.15, -0.1) is 11.8 Å². The van der Waals surface area contributed by atoms with Crippen LogP contribution in [0.1, 0.15) is 27.8 Å². The molecule has 1 amide bonds. The number of nitrogens with zero attached hydrogens (tertiary/aromatic N) is 4. The van der Waals surface area contributed by atoms with Crippen molar-refractivity contribution >= 4 is 23.6 Å². The van der Waals surface area contributed by atoms with E-state index in [1.54, 1.807) is 10.9 Å². The maximum atomic E-state index is 11.9. The summed E-state index contributed by atoms with van der Waals surface area (Å²) in [7, 11) is 1.82. The molecule has 0 bridgehead atoms. The van der Waals surface area contributed by atoms with Crippen LogP contribution in [0, 0.1) is 6.92 Å². The number of aryl methyl sites for hydroxylation is 1. The summed E-state index contributed by atoms with van der Waals surface area (Å²) < 4.78 is 6.57. The van der Waals surface area contributed by atoms with E-state index in [2.05, 4.69) is 20.6 Å². The largest absolute Gasteiger partial charge is 0.481 e. The number of aromatic nitrogens is 4. The van der Waals surface area contributed by atoms with Gasteiger partial charge in [-0.3, -0.25) is 14.3 Å². The zero-order valence-corrected chi connectivity index (χ0v) is 12.9. The molecule has 2 N–H and O–H groups in total. The minimum atomic E-state index is -0.918. The lowest BCUT2D eigenvalue weighted by Crippen LogP contribution is -2.23. The third kappa shape index (κ3) is 4.07. The van der Waals surface area contributed by atoms with Crippen LogP contribution in [0.4, 0.5) is 0 Å². The molecule has 0 atom stereocenters. The van der Waals surface area contributed by atoms with Crippen LogP contribution in [0.2, 0.25) is 0 Å². The summed E-state index contributed by atoms with van der Waals surface area (Å²) in [5, 5.41) is 18.9. The summed E-state index contributed by atoms with van der Waals surface area (Å²) in [4.78, 5) is 26.2. The van der Waals surface area contributed by atoms with E-state index in [0.717, 1.165) is 23.0 Å². The standard InChI is InChI=1S/C12H15N5O4S/c1-7-8(4-14-17(7)2)3-13-11(20)12-15-9(16-21-12)5-22-6-10(18)19/h4H,3,5-6H2,1-2H3,(H,13,20)(H,18,19). The summed E-state index contributed by atoms with van der Waals surface area (Å²) >= 11 is 1.13. The summed E-state index contributed by atoms with van der Waals surface area (Å²) in [6.45, 7) is 2.21. The Morgan fingerprint density at radius 3 is 2.91 bits per heavy atom. The monoisotopic (exact) mass is 325 g/mol. The molecule has 2 aromatic heterocycles. The number of hydrogen-bond donors (Lipinski definition) is 2. The lowest BCUT2D eigenvalue weighted by Gasteiger charge is -2.01. The van der Waals surface area contributed by atoms with E-state index < -0.39 is 11.9 Å². The van der Waals surface area contributed by atoms with Crippen molar-refractivity contribution in [2.75, 3.05) is 5.75 Å². The van der Waals surface area contributed by atoms with Crippen molar-refractivity contribution in [1.82, 2.24) is 25.2 Å². The minimum Gasteiger partial charge on any atom is -0.481 e. The number of rotatable bonds is 7. The molecule has 0 aliphatic rings. The molecule has 9 nitrogen and oxygen atoms in total. The molecule has 0 aliphatic heterocycles. The lowest BCUT2D eigenvalue weighted by atomic mass is 10.2. The van der Waals surface area contributed by atoms with E-state index in [4.69, 9.17) is 9.63 Å². The molecule has 2 heterocycles. The molecule has 2 aromatic rings. The Hall–Kier alpha value is -2.36. The number of carbonyl (C=O) groups is 2. The molecule has 10 heteroatoms. The van der Waals surface area contributed by atoms with Crippen molar-refractivity contribution in [3.8, 4) is 0 Å². The zero-order valence-electron chi connectivity index (χ0n) is 12.1. The summed E-state index contributed by atoms with van der Waals surface area (Å²) in [5.74, 6) is -1.05. The highest BCUT2D eigenvalue weighted by molar-refractivity contribution is 7.99. The van der Waals surface area contributed by atoms with Gasteiger partial charge in [-0.25, -0.2) is 0 Å². The van der Waals surface area contributed by atoms with Crippen molar-refractivity contribution in [1.29, 1.82) is 0 Å². The predicted molar refractivity (Wildman–Crippen MR) is 77.2 cm³/mol. The average Bonchev–Trinajstić information content (AvgIpc) is 3.05. The number of carbonyl (C=O) groups excluding carboxylic acids is 1. The maximum Gasteiger partial charge on any atom is 0.315 e. The van der Waals surface area contributed by atoms with Crippen LogP contribution in [0.15, 0.2) is 10.7 Å². The quantitative estimate of drug-likeness (QED) is 0.748. The van der Waals surface area contributed by atoms with Gasteiger partial charge >= 0.3 is 17.8 Å². The summed E-state index contributed by atoms with van der Waals surface area (Å²) in [5.41, 5.74) is 1.85. The normalized spacial score (nSPS) is 10.6. The predicted octanol–water partition coefficient (Wildman–Crippen LogP) is 0.359. The second-order valence-corrected chi connectivity index (χ2v) is 5.45. The molecule has 22 heavy (non-hydrogen) atoms. The molecular formula is C12H15N5O4S. The third-order valence-electron chi connectivity index (χ3n) is 2.90. The van der Waals surface area contributed by atoms with Gasteiger partial charge in [-0.2, -0.15) is 10.1 Å². The maximum absolute atomic E-state index is 11.9. The SMILES string of the molecule is Cc1c(CNC(=O)c2nc(CSCC(=O)O)no2)cnn1C. The first-order valence-corrected chi connectivity index (χ1v) is 7.50. The molecule has 118 valence electrons. The second-order valence-electron chi connectivity index (χ2n) is 4.46. The van der Waals surface area contributed by atoms with Gasteiger partial charge in [0.15, 0.2) is 5.82 Å². The highest BCUT2D eigenvalue weighted by Gasteiger charge is 2.16. The fourth-order valence-electron chi connectivity index (χ4n) is 1.60. The topological polar surface area (TPSA) is 123 Å². The molecule has 0 aliphatic carbocycles. The van der Waals surface area contributed by atoms with Gasteiger partial charge in [-0.05, 0) is 6.92 Å². The molecule has 2 rings (SSSR count). The van der Waals surface area contributed by atoms with Gasteiger partial charge in [0.1, 0.15) is 0 Å². The highest BCUT2D eigenvalue weighted by Crippen LogP contribution is 2.09. The van der Waals surface area contributed by atoms with Crippen molar-refractivity contribution in [2.45, 2.75) is 19.2 Å². The van der Waals surface area contributed by atoms with Crippen LogP contribution in [-0.4, -0.2) is 42.7 Å². The van der Waals surface area contributed by atoms with E-state index in [0.29, 0.717) is 6.54 Å². The van der Waals surface area contributed by atoms with Gasteiger partial charge in [-0.1, -0.05) is 5.16 Å². The summed E-state index contributed by atoms with van der Waals surface area (Å²) in [6, 6.07) is 0. The van der Waals surface area contributed by atoms with Crippen molar-refractivity contribution in [3.05, 3.63) is 29.2 Å². The van der Waals surface area contributed by atoms with Crippen molar-refractivity contribution < 1.29 is 19.2 Å². The Morgan fingerprint density at radius 2 is 2.27 bits per heavy atom. The Kier molecular flexibility index (Phi) is 5.15. The Labute approximate surface area is 130 Å². The number of hydrogen-bond acceptors (Lipinski definition) is 7. The zero-order chi connectivity index (χ0) is 16.1. The molecule has 0 radical (unpaired) electrons. The van der Waals surface area contributed by atoms with Crippen molar-refractivity contribution in [2.24, 2.45) is 7.05 Å². The smallest absolute Gasteiger partial charge is 0.315 e. The highest BCUT2D eigenvalue weighted by atomic mass is 32.2. The number of aliphatic carboxylic acids is 1. The van der Waals surface area contributed by atoms with Crippen LogP contribution in [0.25, 0.3) is 0 Å². The van der Waals surface area contributed by atoms with E-state index in [-0.39, 0.29) is 23.2 Å². The molecule has 0 saturated carbocycles. The van der Waals surface area contributed by atoms with E-state index in [1.165, 1.54) is 0 Å². The van der Waals surface area contributed by atoms with Gasteiger partial charge in [0.05, 0.1) is 17.7 Å². The molecular weight excluding hydrogens is 310 g/mol. The lowest BCUT2D eigenvalue weighted by molar-refractivity contribution is -0.133. The third-order valence-corrected chi connectivity index (χ3v) is 3.81. The first-order valence-electron chi connectivity index (χ1n) is 6.35. The van der Waals surface area contributed by atoms with Crippen LogP contribution >= 0.6 is 11.8 Å². The van der Waals surface area contributed by atoms with Crippen LogP contribution < -0.4 is 5.32 Å². The van der Waals surface area contributed by atoms with Gasteiger partial charge in [0.25, 0.3) is 0 Å². The number of carboxylic acids is 1. The first-order chi connectivity index (χ1) is 10.5. The van der Waals surface area contributed by atoms with E-state index in [9.17, 15) is 9.59 Å². The Bertz CT molecular complexity index is 681.